The van der Waals surface area contributed by atoms with Crippen LogP contribution in [0.15, 0.2) is 0 Å². The predicted octanol–water partition coefficient (Wildman–Crippen LogP) is -0.377. The third-order valence-electron chi connectivity index (χ3n) is 0.543. The molecule has 0 aliphatic rings. The van der Waals surface area contributed by atoms with E-state index in [4.69, 9.17) is 23.1 Å². The normalized spacial score (nSPS) is 15.1. The average Bonchev–Trinajstić information content (AvgIpc) is 1.87. The molecule has 0 aliphatic carbocycles. The van der Waals surface area contributed by atoms with Gasteiger partial charge in [0.2, 0.25) is 0 Å². The third kappa shape index (κ3) is 3.93. The lowest BCUT2D eigenvalue weighted by molar-refractivity contribution is 0.293. The highest BCUT2D eigenvalue weighted by Gasteiger charge is 2.04. The Kier molecular flexibility index (Phi) is 4.00. The molecular weight excluding hydrogens is 136 g/mol. The van der Waals surface area contributed by atoms with Crippen molar-refractivity contribution in [3.05, 3.63) is 0 Å². The number of hydrogen-bond acceptors (Lipinski definition) is 3. The van der Waals surface area contributed by atoms with Crippen LogP contribution in [0.1, 0.15) is 0 Å². The van der Waals surface area contributed by atoms with Crippen LogP contribution in [0.2, 0.25) is 0 Å². The zero-order valence-electron chi connectivity index (χ0n) is 4.61. The van der Waals surface area contributed by atoms with Crippen molar-refractivity contribution in [3.8, 4) is 24.7 Å². The van der Waals surface area contributed by atoms with Gasteiger partial charge in [-0.2, -0.15) is 0 Å². The van der Waals surface area contributed by atoms with Crippen LogP contribution in [0.3, 0.4) is 0 Å². The summed E-state index contributed by atoms with van der Waals surface area (Å²) in [6, 6.07) is 0. The van der Waals surface area contributed by atoms with Gasteiger partial charge >= 0.3 is 0 Å². The molecule has 0 bridgehead atoms. The van der Waals surface area contributed by atoms with Crippen molar-refractivity contribution in [1.82, 2.24) is 0 Å². The van der Waals surface area contributed by atoms with Gasteiger partial charge in [-0.1, -0.05) is 23.6 Å². The van der Waals surface area contributed by atoms with Gasteiger partial charge in [-0.05, 0) is 0 Å². The molecule has 2 nitrogen and oxygen atoms in total. The topological polar surface area (TPSA) is 40.5 Å². The fourth-order valence-corrected chi connectivity index (χ4v) is 0.602. The summed E-state index contributed by atoms with van der Waals surface area (Å²) in [5.74, 6) is 3.99. The Hall–Kier alpha value is -0.610. The Bertz CT molecular complexity index is 135. The van der Waals surface area contributed by atoms with Crippen molar-refractivity contribution in [1.29, 1.82) is 0 Å². The van der Waals surface area contributed by atoms with E-state index in [1.807, 2.05) is 11.8 Å². The number of rotatable bonds is 2. The number of aliphatic hydroxyl groups excluding tert-OH is 2. The molecule has 0 aromatic heterocycles. The summed E-state index contributed by atoms with van der Waals surface area (Å²) in [7, 11) is 0. The smallest absolute Gasteiger partial charge is 0.164 e. The molecule has 0 fully saturated rings. The largest absolute Gasteiger partial charge is 0.371 e. The van der Waals surface area contributed by atoms with Crippen LogP contribution in [0.25, 0.3) is 0 Å². The van der Waals surface area contributed by atoms with Gasteiger partial charge in [-0.3, -0.25) is 0 Å². The Labute approximate surface area is 58.3 Å². The highest BCUT2D eigenvalue weighted by Crippen LogP contribution is 2.11. The molecule has 2 unspecified atom stereocenters. The summed E-state index contributed by atoms with van der Waals surface area (Å²) in [5, 5.41) is 17.3. The Balaban J connectivity index is 3.53. The zero-order valence-corrected chi connectivity index (χ0v) is 5.43. The quantitative estimate of drug-likeness (QED) is 0.408. The van der Waals surface area contributed by atoms with E-state index in [1.54, 1.807) is 0 Å². The summed E-state index contributed by atoms with van der Waals surface area (Å²) in [4.78, 5) is 0. The lowest BCUT2D eigenvalue weighted by atomic mass is 10.7. The van der Waals surface area contributed by atoms with E-state index in [9.17, 15) is 0 Å². The molecule has 0 saturated carbocycles. The molecule has 9 heavy (non-hydrogen) atoms. The maximum atomic E-state index is 8.63. The molecule has 0 aromatic rings. The fraction of sp³-hybridized carbons (Fsp3) is 0.333. The lowest BCUT2D eigenvalue weighted by Crippen LogP contribution is -2.05. The summed E-state index contributed by atoms with van der Waals surface area (Å²) < 4.78 is 0. The van der Waals surface area contributed by atoms with Crippen LogP contribution in [-0.4, -0.2) is 21.1 Å². The summed E-state index contributed by atoms with van der Waals surface area (Å²) >= 11 is 0.738. The van der Waals surface area contributed by atoms with E-state index >= 15 is 0 Å². The van der Waals surface area contributed by atoms with Crippen LogP contribution >= 0.6 is 11.8 Å². The van der Waals surface area contributed by atoms with Crippen molar-refractivity contribution in [2.45, 2.75) is 10.9 Å². The SMILES string of the molecule is C#CC(O)SC(O)C#C. The molecular formula is C6H6O2S. The second-order valence-corrected chi connectivity index (χ2v) is 2.34. The second kappa shape index (κ2) is 4.29. The maximum Gasteiger partial charge on any atom is 0.164 e. The second-order valence-electron chi connectivity index (χ2n) is 1.17. The first-order valence-corrected chi connectivity index (χ1v) is 3.09. The molecule has 0 rings (SSSR count). The molecule has 0 radical (unpaired) electrons. The minimum atomic E-state index is -1.02. The Morgan fingerprint density at radius 2 is 1.44 bits per heavy atom. The number of hydrogen-bond donors (Lipinski definition) is 2. The van der Waals surface area contributed by atoms with Crippen molar-refractivity contribution in [3.63, 3.8) is 0 Å². The van der Waals surface area contributed by atoms with E-state index in [0.717, 1.165) is 11.8 Å². The summed E-state index contributed by atoms with van der Waals surface area (Å²) in [6.45, 7) is 0. The van der Waals surface area contributed by atoms with Gasteiger partial charge < -0.3 is 10.2 Å². The molecule has 0 aromatic carbocycles. The van der Waals surface area contributed by atoms with Crippen molar-refractivity contribution in [2.75, 3.05) is 0 Å². The Morgan fingerprint density at radius 3 is 1.67 bits per heavy atom. The first kappa shape index (κ1) is 8.39. The van der Waals surface area contributed by atoms with Crippen LogP contribution < -0.4 is 0 Å². The van der Waals surface area contributed by atoms with Gasteiger partial charge in [0.05, 0.1) is 0 Å². The molecule has 3 heteroatoms. The molecule has 0 amide bonds. The highest BCUT2D eigenvalue weighted by atomic mass is 32.2. The maximum absolute atomic E-state index is 8.63. The predicted molar refractivity (Wildman–Crippen MR) is 37.3 cm³/mol. The first-order chi connectivity index (χ1) is 4.20. The number of aliphatic hydroxyl groups is 2. The number of thioether (sulfide) groups is 1. The summed E-state index contributed by atoms with van der Waals surface area (Å²) in [6.07, 6.45) is 9.55. The zero-order chi connectivity index (χ0) is 7.28. The lowest BCUT2D eigenvalue weighted by Gasteiger charge is -2.02. The monoisotopic (exact) mass is 142 g/mol. The van der Waals surface area contributed by atoms with Crippen molar-refractivity contribution < 1.29 is 10.2 Å². The van der Waals surface area contributed by atoms with E-state index in [-0.39, 0.29) is 0 Å². The standard InChI is InChI=1S/C6H6O2S/c1-3-5(7)9-6(8)4-2/h1-2,5-8H. The molecule has 2 N–H and O–H groups in total. The number of terminal acetylenes is 2. The van der Waals surface area contributed by atoms with Gasteiger partial charge in [0.15, 0.2) is 10.9 Å². The Morgan fingerprint density at radius 1 is 1.11 bits per heavy atom. The average molecular weight is 142 g/mol. The van der Waals surface area contributed by atoms with Gasteiger partial charge in [0.25, 0.3) is 0 Å². The van der Waals surface area contributed by atoms with Gasteiger partial charge in [0, 0.05) is 0 Å². The van der Waals surface area contributed by atoms with E-state index in [2.05, 4.69) is 0 Å². The van der Waals surface area contributed by atoms with Crippen LogP contribution in [0, 0.1) is 24.7 Å². The van der Waals surface area contributed by atoms with Gasteiger partial charge in [0.1, 0.15) is 0 Å². The minimum Gasteiger partial charge on any atom is -0.371 e. The molecule has 2 atom stereocenters. The minimum absolute atomic E-state index is 0.738. The van der Waals surface area contributed by atoms with Crippen molar-refractivity contribution in [2.24, 2.45) is 0 Å². The molecule has 0 heterocycles. The van der Waals surface area contributed by atoms with Crippen LogP contribution in [-0.2, 0) is 0 Å². The van der Waals surface area contributed by atoms with Crippen molar-refractivity contribution >= 4 is 11.8 Å². The van der Waals surface area contributed by atoms with Crippen LogP contribution in [0.5, 0.6) is 0 Å². The third-order valence-corrected chi connectivity index (χ3v) is 1.33. The van der Waals surface area contributed by atoms with Gasteiger partial charge in [-0.15, -0.1) is 12.8 Å². The molecule has 48 valence electrons. The molecule has 0 saturated heterocycles. The van der Waals surface area contributed by atoms with Gasteiger partial charge in [-0.25, -0.2) is 0 Å². The molecule has 0 aliphatic heterocycles. The van der Waals surface area contributed by atoms with Crippen LogP contribution in [0.4, 0.5) is 0 Å². The highest BCUT2D eigenvalue weighted by molar-refractivity contribution is 8.00. The fourth-order valence-electron chi connectivity index (χ4n) is 0.201. The van der Waals surface area contributed by atoms with E-state index in [0.29, 0.717) is 0 Å². The van der Waals surface area contributed by atoms with E-state index in [1.165, 1.54) is 0 Å². The van der Waals surface area contributed by atoms with E-state index < -0.39 is 10.9 Å². The summed E-state index contributed by atoms with van der Waals surface area (Å²) in [5.41, 5.74) is -2.04. The molecule has 0 spiro atoms. The first-order valence-electron chi connectivity index (χ1n) is 2.14.